The van der Waals surface area contributed by atoms with Crippen LogP contribution in [0.4, 0.5) is 5.69 Å². The fraction of sp³-hybridized carbons (Fsp3) is 0.190. The van der Waals surface area contributed by atoms with Crippen LogP contribution in [-0.2, 0) is 0 Å². The van der Waals surface area contributed by atoms with Crippen LogP contribution in [-0.4, -0.2) is 29.0 Å². The smallest absolute Gasteiger partial charge is 0.282 e. The van der Waals surface area contributed by atoms with Crippen molar-refractivity contribution in [3.63, 3.8) is 0 Å². The highest BCUT2D eigenvalue weighted by Crippen LogP contribution is 2.28. The first kappa shape index (κ1) is 18.9. The van der Waals surface area contributed by atoms with Crippen molar-refractivity contribution in [3.8, 4) is 11.5 Å². The molecule has 0 atom stereocenters. The zero-order valence-corrected chi connectivity index (χ0v) is 16.8. The van der Waals surface area contributed by atoms with Gasteiger partial charge in [0.25, 0.3) is 11.5 Å². The van der Waals surface area contributed by atoms with Crippen LogP contribution >= 0.6 is 11.3 Å². The molecule has 1 N–H and O–H groups in total. The van der Waals surface area contributed by atoms with Crippen molar-refractivity contribution in [2.45, 2.75) is 13.3 Å². The van der Waals surface area contributed by atoms with Crippen molar-refractivity contribution in [2.24, 2.45) is 0 Å². The highest BCUT2D eigenvalue weighted by Gasteiger charge is 2.14. The number of carbonyl (C=O) groups is 1. The van der Waals surface area contributed by atoms with Crippen LogP contribution < -0.4 is 20.3 Å². The Morgan fingerprint density at radius 2 is 1.93 bits per heavy atom. The Kier molecular flexibility index (Phi) is 5.18. The first-order valence-corrected chi connectivity index (χ1v) is 9.95. The van der Waals surface area contributed by atoms with Gasteiger partial charge in [-0.1, -0.05) is 18.3 Å². The molecule has 0 fully saturated rings. The standard InChI is InChI=1S/C21H19N3O4S/c1-3-10-28-15-8-9-17-18(11-15)29-21-22-12-16(20(26)24(17)21)23-19(25)13-4-6-14(27-2)7-5-13/h4-9,11-12H,3,10H2,1-2H3,(H,23,25). The van der Waals surface area contributed by atoms with Crippen LogP contribution in [0.3, 0.4) is 0 Å². The Hall–Kier alpha value is -3.39. The molecule has 4 aromatic rings. The number of amides is 1. The maximum absolute atomic E-state index is 13.0. The molecule has 0 saturated carbocycles. The summed E-state index contributed by atoms with van der Waals surface area (Å²) in [5.41, 5.74) is 0.940. The van der Waals surface area contributed by atoms with E-state index >= 15 is 0 Å². The summed E-state index contributed by atoms with van der Waals surface area (Å²) in [4.78, 5) is 30.4. The van der Waals surface area contributed by atoms with Crippen LogP contribution in [0.15, 0.2) is 53.5 Å². The predicted octanol–water partition coefficient (Wildman–Crippen LogP) is 3.96. The number of rotatable bonds is 6. The van der Waals surface area contributed by atoms with Gasteiger partial charge in [0.15, 0.2) is 4.96 Å². The Bertz CT molecular complexity index is 1240. The molecule has 0 bridgehead atoms. The van der Waals surface area contributed by atoms with Crippen molar-refractivity contribution in [2.75, 3.05) is 19.0 Å². The van der Waals surface area contributed by atoms with Crippen LogP contribution in [0.1, 0.15) is 23.7 Å². The van der Waals surface area contributed by atoms with Crippen LogP contribution in [0.25, 0.3) is 15.2 Å². The van der Waals surface area contributed by atoms with Gasteiger partial charge in [-0.25, -0.2) is 9.38 Å². The van der Waals surface area contributed by atoms with E-state index in [0.717, 1.165) is 22.4 Å². The number of hydrogen-bond donors (Lipinski definition) is 1. The highest BCUT2D eigenvalue weighted by atomic mass is 32.1. The lowest BCUT2D eigenvalue weighted by Crippen LogP contribution is -2.22. The fourth-order valence-corrected chi connectivity index (χ4v) is 3.93. The number of nitrogens with zero attached hydrogens (tertiary/aromatic N) is 2. The minimum absolute atomic E-state index is 0.120. The first-order valence-electron chi connectivity index (χ1n) is 9.13. The number of benzene rings is 2. The van der Waals surface area contributed by atoms with Crippen molar-refractivity contribution in [1.29, 1.82) is 0 Å². The van der Waals surface area contributed by atoms with Crippen LogP contribution in [0, 0.1) is 0 Å². The van der Waals surface area contributed by atoms with Crippen molar-refractivity contribution < 1.29 is 14.3 Å². The number of ether oxygens (including phenoxy) is 2. The summed E-state index contributed by atoms with van der Waals surface area (Å²) >= 11 is 1.40. The average Bonchev–Trinajstić information content (AvgIpc) is 3.12. The van der Waals surface area contributed by atoms with Gasteiger partial charge in [0.2, 0.25) is 0 Å². The molecule has 2 aromatic heterocycles. The zero-order chi connectivity index (χ0) is 20.4. The lowest BCUT2D eigenvalue weighted by molar-refractivity contribution is 0.102. The lowest BCUT2D eigenvalue weighted by Gasteiger charge is -2.06. The van der Waals surface area contributed by atoms with Gasteiger partial charge in [-0.2, -0.15) is 0 Å². The normalized spacial score (nSPS) is 11.0. The van der Waals surface area contributed by atoms with Crippen molar-refractivity contribution in [3.05, 3.63) is 64.6 Å². The largest absolute Gasteiger partial charge is 0.497 e. The molecule has 2 aromatic carbocycles. The molecule has 7 nitrogen and oxygen atoms in total. The van der Waals surface area contributed by atoms with E-state index in [1.807, 2.05) is 25.1 Å². The van der Waals surface area contributed by atoms with E-state index < -0.39 is 0 Å². The number of carbonyl (C=O) groups excluding carboxylic acids is 1. The van der Waals surface area contributed by atoms with E-state index in [1.165, 1.54) is 21.9 Å². The summed E-state index contributed by atoms with van der Waals surface area (Å²) < 4.78 is 13.2. The quantitative estimate of drug-likeness (QED) is 0.521. The number of nitrogens with one attached hydrogen (secondary N) is 1. The molecule has 0 spiro atoms. The Balaban J connectivity index is 1.68. The third-order valence-electron chi connectivity index (χ3n) is 4.38. The van der Waals surface area contributed by atoms with Gasteiger partial charge < -0.3 is 14.8 Å². The van der Waals surface area contributed by atoms with E-state index in [9.17, 15) is 9.59 Å². The van der Waals surface area contributed by atoms with Gasteiger partial charge in [0, 0.05) is 5.56 Å². The number of aromatic nitrogens is 2. The molecule has 0 aliphatic carbocycles. The molecule has 0 saturated heterocycles. The summed E-state index contributed by atoms with van der Waals surface area (Å²) in [6.07, 6.45) is 2.31. The monoisotopic (exact) mass is 409 g/mol. The molecule has 148 valence electrons. The minimum atomic E-state index is -0.388. The first-order chi connectivity index (χ1) is 14.1. The summed E-state index contributed by atoms with van der Waals surface area (Å²) in [5.74, 6) is 1.02. The summed E-state index contributed by atoms with van der Waals surface area (Å²) in [5, 5.41) is 2.65. The van der Waals surface area contributed by atoms with E-state index in [2.05, 4.69) is 10.3 Å². The number of methoxy groups -OCH3 is 1. The number of fused-ring (bicyclic) bond motifs is 3. The predicted molar refractivity (Wildman–Crippen MR) is 114 cm³/mol. The average molecular weight is 409 g/mol. The van der Waals surface area contributed by atoms with Crippen molar-refractivity contribution >= 4 is 38.1 Å². The van der Waals surface area contributed by atoms with Crippen LogP contribution in [0.2, 0.25) is 0 Å². The van der Waals surface area contributed by atoms with Gasteiger partial charge in [-0.15, -0.1) is 0 Å². The fourth-order valence-electron chi connectivity index (χ4n) is 2.92. The molecule has 0 aliphatic rings. The number of thiazole rings is 1. The molecule has 1 amide bonds. The molecule has 8 heteroatoms. The molecule has 0 radical (unpaired) electrons. The maximum Gasteiger partial charge on any atom is 0.282 e. The maximum atomic E-state index is 13.0. The molecular weight excluding hydrogens is 390 g/mol. The number of hydrogen-bond acceptors (Lipinski definition) is 6. The summed E-state index contributed by atoms with van der Waals surface area (Å²) in [6, 6.07) is 12.2. The molecule has 29 heavy (non-hydrogen) atoms. The van der Waals surface area contributed by atoms with E-state index in [0.29, 0.717) is 22.9 Å². The Morgan fingerprint density at radius 1 is 1.17 bits per heavy atom. The molecule has 2 heterocycles. The van der Waals surface area contributed by atoms with Crippen molar-refractivity contribution in [1.82, 2.24) is 9.38 Å². The molecule has 0 aliphatic heterocycles. The molecule has 4 rings (SSSR count). The third kappa shape index (κ3) is 3.66. The minimum Gasteiger partial charge on any atom is -0.497 e. The Morgan fingerprint density at radius 3 is 2.66 bits per heavy atom. The van der Waals surface area contributed by atoms with Gasteiger partial charge in [-0.05, 0) is 48.9 Å². The highest BCUT2D eigenvalue weighted by molar-refractivity contribution is 7.23. The lowest BCUT2D eigenvalue weighted by atomic mass is 10.2. The zero-order valence-electron chi connectivity index (χ0n) is 16.0. The Labute approximate surface area is 170 Å². The van der Waals surface area contributed by atoms with Crippen LogP contribution in [0.5, 0.6) is 11.5 Å². The van der Waals surface area contributed by atoms with E-state index in [1.54, 1.807) is 31.4 Å². The second-order valence-corrected chi connectivity index (χ2v) is 7.37. The molecular formula is C21H19N3O4S. The van der Waals surface area contributed by atoms with Gasteiger partial charge in [0.05, 0.1) is 30.1 Å². The van der Waals surface area contributed by atoms with Gasteiger partial charge >= 0.3 is 0 Å². The SMILES string of the molecule is CCCOc1ccc2c(c1)sc1ncc(NC(=O)c3ccc(OC)cc3)c(=O)n12. The van der Waals surface area contributed by atoms with E-state index in [4.69, 9.17) is 9.47 Å². The number of anilines is 1. The second-order valence-electron chi connectivity index (χ2n) is 6.36. The summed E-state index contributed by atoms with van der Waals surface area (Å²) in [6.45, 7) is 2.68. The molecule has 0 unspecified atom stereocenters. The van der Waals surface area contributed by atoms with E-state index in [-0.39, 0.29) is 17.2 Å². The third-order valence-corrected chi connectivity index (χ3v) is 5.39. The van der Waals surface area contributed by atoms with Gasteiger partial charge in [0.1, 0.15) is 17.2 Å². The summed E-state index contributed by atoms with van der Waals surface area (Å²) in [7, 11) is 1.56. The topological polar surface area (TPSA) is 81.9 Å². The van der Waals surface area contributed by atoms with Gasteiger partial charge in [-0.3, -0.25) is 9.59 Å². The second kappa shape index (κ2) is 7.92.